The van der Waals surface area contributed by atoms with Gasteiger partial charge in [-0.05, 0) is 24.0 Å². The van der Waals surface area contributed by atoms with Crippen LogP contribution in [0.3, 0.4) is 0 Å². The van der Waals surface area contributed by atoms with Crippen molar-refractivity contribution in [2.24, 2.45) is 5.92 Å². The molecule has 0 heterocycles. The third-order valence-electron chi connectivity index (χ3n) is 2.80. The molecule has 0 aliphatic carbocycles. The van der Waals surface area contributed by atoms with E-state index in [1.807, 2.05) is 42.7 Å². The van der Waals surface area contributed by atoms with Gasteiger partial charge in [0.05, 0.1) is 12.1 Å². The molecule has 98 valence electrons. The number of nitrogens with zero attached hydrogens (tertiary/aromatic N) is 2. The molecule has 0 radical (unpaired) electrons. The van der Waals surface area contributed by atoms with Crippen LogP contribution in [0.5, 0.6) is 0 Å². The highest BCUT2D eigenvalue weighted by atomic mass is 32.2. The Bertz CT molecular complexity index is 499. The molecule has 0 aliphatic heterocycles. The molecule has 0 spiro atoms. The van der Waals surface area contributed by atoms with Gasteiger partial charge < -0.3 is 5.32 Å². The van der Waals surface area contributed by atoms with Crippen molar-refractivity contribution in [1.82, 2.24) is 5.32 Å². The van der Waals surface area contributed by atoms with Crippen LogP contribution in [0.4, 0.5) is 0 Å². The molecule has 0 bridgehead atoms. The number of thioether (sulfide) groups is 1. The summed E-state index contributed by atoms with van der Waals surface area (Å²) >= 11 is 1.63. The first-order valence-electron chi connectivity index (χ1n) is 5.80. The predicted molar refractivity (Wildman–Crippen MR) is 74.4 cm³/mol. The summed E-state index contributed by atoms with van der Waals surface area (Å²) in [6.45, 7) is 1.71. The Kier molecular flexibility index (Phi) is 5.92. The summed E-state index contributed by atoms with van der Waals surface area (Å²) in [5, 5.41) is 20.7. The molecule has 0 saturated heterocycles. The fourth-order valence-corrected chi connectivity index (χ4v) is 2.15. The van der Waals surface area contributed by atoms with Crippen molar-refractivity contribution in [1.29, 1.82) is 10.5 Å². The zero-order valence-corrected chi connectivity index (χ0v) is 11.7. The van der Waals surface area contributed by atoms with Crippen LogP contribution in [0.25, 0.3) is 0 Å². The lowest BCUT2D eigenvalue weighted by atomic mass is 9.87. The smallest absolute Gasteiger partial charge is 0.216 e. The number of rotatable bonds is 5. The van der Waals surface area contributed by atoms with E-state index in [1.54, 1.807) is 11.8 Å². The second-order valence-electron chi connectivity index (χ2n) is 4.05. The lowest BCUT2D eigenvalue weighted by Gasteiger charge is -2.18. The molecule has 1 rings (SSSR count). The summed E-state index contributed by atoms with van der Waals surface area (Å²) in [6, 6.07) is 11.7. The van der Waals surface area contributed by atoms with Crippen LogP contribution in [0, 0.1) is 28.6 Å². The van der Waals surface area contributed by atoms with E-state index in [9.17, 15) is 4.79 Å². The second-order valence-corrected chi connectivity index (χ2v) is 4.93. The largest absolute Gasteiger partial charge is 0.356 e. The summed E-state index contributed by atoms with van der Waals surface area (Å²) in [5.41, 5.74) is 0.889. The fourth-order valence-electron chi connectivity index (χ4n) is 1.74. The molecule has 4 nitrogen and oxygen atoms in total. The Hall–Kier alpha value is -1.98. The number of amides is 1. The van der Waals surface area contributed by atoms with E-state index in [0.717, 1.165) is 10.5 Å². The Morgan fingerprint density at radius 1 is 1.32 bits per heavy atom. The lowest BCUT2D eigenvalue weighted by molar-refractivity contribution is -0.119. The summed E-state index contributed by atoms with van der Waals surface area (Å²) in [7, 11) is 0. The van der Waals surface area contributed by atoms with Crippen molar-refractivity contribution < 1.29 is 4.79 Å². The van der Waals surface area contributed by atoms with Gasteiger partial charge in [0.15, 0.2) is 0 Å². The van der Waals surface area contributed by atoms with Gasteiger partial charge in [-0.15, -0.1) is 11.8 Å². The van der Waals surface area contributed by atoms with E-state index in [2.05, 4.69) is 5.32 Å². The Morgan fingerprint density at radius 3 is 2.32 bits per heavy atom. The van der Waals surface area contributed by atoms with Gasteiger partial charge in [0, 0.05) is 24.3 Å². The molecule has 0 unspecified atom stereocenters. The standard InChI is InChI=1S/C14H15N3OS/c1-10(18)17-9-14(12(7-15)8-16)11-3-5-13(19-2)6-4-11/h3-6,12,14H,9H2,1-2H3,(H,17,18)/t14-/m0/s1. The molecule has 1 amide bonds. The summed E-state index contributed by atoms with van der Waals surface area (Å²) in [6.07, 6.45) is 1.98. The van der Waals surface area contributed by atoms with E-state index in [-0.39, 0.29) is 11.8 Å². The maximum absolute atomic E-state index is 11.0. The van der Waals surface area contributed by atoms with Crippen molar-refractivity contribution in [3.63, 3.8) is 0 Å². The first-order valence-corrected chi connectivity index (χ1v) is 7.02. The maximum atomic E-state index is 11.0. The van der Waals surface area contributed by atoms with Gasteiger partial charge >= 0.3 is 0 Å². The molecule has 0 saturated carbocycles. The molecule has 1 aromatic rings. The normalized spacial score (nSPS) is 11.4. The number of benzene rings is 1. The van der Waals surface area contributed by atoms with Crippen LogP contribution >= 0.6 is 11.8 Å². The van der Waals surface area contributed by atoms with Crippen LogP contribution in [0.15, 0.2) is 29.2 Å². The van der Waals surface area contributed by atoms with E-state index >= 15 is 0 Å². The first kappa shape index (κ1) is 15.1. The Morgan fingerprint density at radius 2 is 1.89 bits per heavy atom. The van der Waals surface area contributed by atoms with Crippen LogP contribution < -0.4 is 5.32 Å². The van der Waals surface area contributed by atoms with E-state index in [0.29, 0.717) is 6.54 Å². The third kappa shape index (κ3) is 4.31. The maximum Gasteiger partial charge on any atom is 0.216 e. The summed E-state index contributed by atoms with van der Waals surface area (Å²) in [4.78, 5) is 12.1. The monoisotopic (exact) mass is 273 g/mol. The van der Waals surface area contributed by atoms with Crippen molar-refractivity contribution in [2.45, 2.75) is 17.7 Å². The molecule has 19 heavy (non-hydrogen) atoms. The van der Waals surface area contributed by atoms with Gasteiger partial charge in [0.1, 0.15) is 5.92 Å². The highest BCUT2D eigenvalue weighted by Gasteiger charge is 2.23. The Balaban J connectivity index is 2.97. The van der Waals surface area contributed by atoms with Crippen LogP contribution in [0.1, 0.15) is 18.4 Å². The SMILES string of the molecule is CSc1ccc([C@H](CNC(C)=O)C(C#N)C#N)cc1. The van der Waals surface area contributed by atoms with Gasteiger partial charge in [-0.1, -0.05) is 12.1 Å². The number of nitriles is 2. The Labute approximate surface area is 117 Å². The lowest BCUT2D eigenvalue weighted by Crippen LogP contribution is -2.29. The zero-order chi connectivity index (χ0) is 14.3. The minimum absolute atomic E-state index is 0.166. The molecule has 1 aromatic carbocycles. The molecule has 0 aliphatic rings. The molecule has 1 N–H and O–H groups in total. The minimum Gasteiger partial charge on any atom is -0.356 e. The van der Waals surface area contributed by atoms with Crippen molar-refractivity contribution >= 4 is 17.7 Å². The van der Waals surface area contributed by atoms with Gasteiger partial charge in [-0.2, -0.15) is 10.5 Å². The first-order chi connectivity index (χ1) is 9.12. The van der Waals surface area contributed by atoms with E-state index in [1.165, 1.54) is 6.92 Å². The van der Waals surface area contributed by atoms with Gasteiger partial charge in [0.25, 0.3) is 0 Å². The zero-order valence-electron chi connectivity index (χ0n) is 10.9. The predicted octanol–water partition coefficient (Wildman–Crippen LogP) is 2.29. The highest BCUT2D eigenvalue weighted by molar-refractivity contribution is 7.98. The second kappa shape index (κ2) is 7.45. The fraction of sp³-hybridized carbons (Fsp3) is 0.357. The molecular weight excluding hydrogens is 258 g/mol. The van der Waals surface area contributed by atoms with Crippen molar-refractivity contribution in [3.8, 4) is 12.1 Å². The molecule has 0 fully saturated rings. The average Bonchev–Trinajstić information content (AvgIpc) is 2.43. The number of hydrogen-bond donors (Lipinski definition) is 1. The quantitative estimate of drug-likeness (QED) is 0.835. The van der Waals surface area contributed by atoms with Crippen molar-refractivity contribution in [2.75, 3.05) is 12.8 Å². The molecule has 5 heteroatoms. The van der Waals surface area contributed by atoms with Gasteiger partial charge in [0.2, 0.25) is 5.91 Å². The topological polar surface area (TPSA) is 76.7 Å². The number of carbonyl (C=O) groups is 1. The third-order valence-corrected chi connectivity index (χ3v) is 3.54. The molecule has 1 atom stereocenters. The summed E-state index contributed by atoms with van der Waals surface area (Å²) < 4.78 is 0. The number of hydrogen-bond acceptors (Lipinski definition) is 4. The molecule has 0 aromatic heterocycles. The van der Waals surface area contributed by atoms with Gasteiger partial charge in [-0.3, -0.25) is 4.79 Å². The van der Waals surface area contributed by atoms with Gasteiger partial charge in [-0.25, -0.2) is 0 Å². The average molecular weight is 273 g/mol. The van der Waals surface area contributed by atoms with Crippen LogP contribution in [0.2, 0.25) is 0 Å². The number of carbonyl (C=O) groups excluding carboxylic acids is 1. The van der Waals surface area contributed by atoms with Crippen molar-refractivity contribution in [3.05, 3.63) is 29.8 Å². The van der Waals surface area contributed by atoms with E-state index < -0.39 is 5.92 Å². The van der Waals surface area contributed by atoms with E-state index in [4.69, 9.17) is 10.5 Å². The molecular formula is C14H15N3OS. The number of nitrogens with one attached hydrogen (secondary N) is 1. The van der Waals surface area contributed by atoms with Crippen LogP contribution in [-0.2, 0) is 4.79 Å². The highest BCUT2D eigenvalue weighted by Crippen LogP contribution is 2.25. The van der Waals surface area contributed by atoms with Crippen LogP contribution in [-0.4, -0.2) is 18.7 Å². The minimum atomic E-state index is -0.771. The summed E-state index contributed by atoms with van der Waals surface area (Å²) in [5.74, 6) is -1.25.